The van der Waals surface area contributed by atoms with Gasteiger partial charge in [0.25, 0.3) is 11.6 Å². The highest BCUT2D eigenvalue weighted by Gasteiger charge is 2.36. The van der Waals surface area contributed by atoms with Crippen molar-refractivity contribution in [1.29, 1.82) is 0 Å². The molecule has 2 rings (SSSR count). The predicted molar refractivity (Wildman–Crippen MR) is 84.5 cm³/mol. The van der Waals surface area contributed by atoms with Gasteiger partial charge in [0.05, 0.1) is 23.5 Å². The second-order valence-electron chi connectivity index (χ2n) is 5.31. The van der Waals surface area contributed by atoms with Crippen LogP contribution in [0.15, 0.2) is 46.8 Å². The van der Waals surface area contributed by atoms with E-state index in [0.29, 0.717) is 17.0 Å². The molecule has 0 aliphatic carbocycles. The Hall–Kier alpha value is -3.16. The number of rotatable bonds is 4. The fourth-order valence-electron chi connectivity index (χ4n) is 2.83. The Morgan fingerprint density at radius 2 is 1.88 bits per heavy atom. The number of dihydropyridines is 1. The van der Waals surface area contributed by atoms with E-state index >= 15 is 0 Å². The molecular formula is C16H16N3O5. The molecule has 1 amide bonds. The quantitative estimate of drug-likeness (QED) is 0.510. The van der Waals surface area contributed by atoms with Gasteiger partial charge in [-0.15, -0.1) is 0 Å². The molecule has 8 nitrogen and oxygen atoms in total. The van der Waals surface area contributed by atoms with Crippen molar-refractivity contribution in [3.05, 3.63) is 62.5 Å². The minimum Gasteiger partial charge on any atom is -0.466 e. The van der Waals surface area contributed by atoms with Crippen molar-refractivity contribution >= 4 is 17.6 Å². The monoisotopic (exact) mass is 330 g/mol. The van der Waals surface area contributed by atoms with E-state index in [-0.39, 0.29) is 16.8 Å². The second-order valence-corrected chi connectivity index (χ2v) is 5.31. The number of ether oxygens (including phenoxy) is 1. The molecule has 1 heterocycles. The van der Waals surface area contributed by atoms with E-state index in [0.717, 1.165) is 0 Å². The molecule has 0 saturated heterocycles. The van der Waals surface area contributed by atoms with Crippen molar-refractivity contribution < 1.29 is 19.2 Å². The van der Waals surface area contributed by atoms with Gasteiger partial charge in [0.15, 0.2) is 0 Å². The van der Waals surface area contributed by atoms with E-state index in [4.69, 9.17) is 10.5 Å². The molecule has 1 radical (unpaired) electrons. The number of nitrogens with zero attached hydrogens (tertiary/aromatic N) is 1. The summed E-state index contributed by atoms with van der Waals surface area (Å²) in [6.07, 6.45) is 0. The summed E-state index contributed by atoms with van der Waals surface area (Å²) in [5.41, 5.74) is 8.85. The molecule has 0 saturated carbocycles. The summed E-state index contributed by atoms with van der Waals surface area (Å²) in [7, 11) is 1.21. The highest BCUT2D eigenvalue weighted by atomic mass is 16.6. The van der Waals surface area contributed by atoms with Crippen LogP contribution < -0.4 is 11.1 Å². The second kappa shape index (κ2) is 6.53. The zero-order valence-electron chi connectivity index (χ0n) is 13.4. The average Bonchev–Trinajstić information content (AvgIpc) is 2.53. The highest BCUT2D eigenvalue weighted by molar-refractivity contribution is 6.01. The number of methoxy groups -OCH3 is 1. The normalized spacial score (nSPS) is 17.4. The van der Waals surface area contributed by atoms with Gasteiger partial charge in [0, 0.05) is 29.1 Å². The van der Waals surface area contributed by atoms with Crippen LogP contribution in [0.1, 0.15) is 25.3 Å². The zero-order chi connectivity index (χ0) is 18.0. The summed E-state index contributed by atoms with van der Waals surface area (Å²) in [5, 5.41) is 13.9. The Labute approximate surface area is 138 Å². The van der Waals surface area contributed by atoms with Gasteiger partial charge in [-0.2, -0.15) is 0 Å². The lowest BCUT2D eigenvalue weighted by molar-refractivity contribution is -0.384. The maximum Gasteiger partial charge on any atom is 0.336 e. The molecule has 24 heavy (non-hydrogen) atoms. The summed E-state index contributed by atoms with van der Waals surface area (Å²) in [6, 6.07) is 5.66. The van der Waals surface area contributed by atoms with Crippen molar-refractivity contribution in [3.8, 4) is 0 Å². The first-order chi connectivity index (χ1) is 11.3. The fourth-order valence-corrected chi connectivity index (χ4v) is 2.83. The molecular weight excluding hydrogens is 314 g/mol. The van der Waals surface area contributed by atoms with Gasteiger partial charge >= 0.3 is 5.97 Å². The topological polar surface area (TPSA) is 122 Å². The number of nitro groups is 1. The van der Waals surface area contributed by atoms with Gasteiger partial charge in [0.2, 0.25) is 0 Å². The van der Waals surface area contributed by atoms with E-state index in [2.05, 4.69) is 5.32 Å². The van der Waals surface area contributed by atoms with E-state index in [1.54, 1.807) is 19.9 Å². The molecule has 0 spiro atoms. The van der Waals surface area contributed by atoms with Crippen LogP contribution in [0.4, 0.5) is 5.69 Å². The van der Waals surface area contributed by atoms with Crippen LogP contribution in [-0.2, 0) is 14.3 Å². The summed E-state index contributed by atoms with van der Waals surface area (Å²) >= 11 is 0. The number of carbonyl (C=O) groups is 2. The molecule has 1 aromatic carbocycles. The van der Waals surface area contributed by atoms with E-state index in [1.165, 1.54) is 25.3 Å². The average molecular weight is 330 g/mol. The molecule has 1 atom stereocenters. The number of carbonyl (C=O) groups excluding carboxylic acids is 2. The van der Waals surface area contributed by atoms with Gasteiger partial charge in [-0.25, -0.2) is 4.79 Å². The maximum atomic E-state index is 12.2. The molecule has 2 N–H and O–H groups in total. The van der Waals surface area contributed by atoms with Crippen molar-refractivity contribution in [2.24, 2.45) is 0 Å². The minimum atomic E-state index is -0.967. The van der Waals surface area contributed by atoms with Gasteiger partial charge in [-0.05, 0) is 19.4 Å². The predicted octanol–water partition coefficient (Wildman–Crippen LogP) is 1.81. The van der Waals surface area contributed by atoms with E-state index in [9.17, 15) is 19.7 Å². The third-order valence-electron chi connectivity index (χ3n) is 3.82. The molecule has 0 bridgehead atoms. The van der Waals surface area contributed by atoms with E-state index in [1.807, 2.05) is 0 Å². The van der Waals surface area contributed by atoms with Crippen LogP contribution in [0.2, 0.25) is 0 Å². The zero-order valence-corrected chi connectivity index (χ0v) is 13.4. The third-order valence-corrected chi connectivity index (χ3v) is 3.82. The molecule has 1 aliphatic rings. The Bertz CT molecular complexity index is 795. The molecule has 1 aliphatic heterocycles. The van der Waals surface area contributed by atoms with E-state index < -0.39 is 22.7 Å². The van der Waals surface area contributed by atoms with Gasteiger partial charge < -0.3 is 10.1 Å². The van der Waals surface area contributed by atoms with Gasteiger partial charge in [-0.1, -0.05) is 12.1 Å². The van der Waals surface area contributed by atoms with Crippen LogP contribution in [0, 0.1) is 10.1 Å². The summed E-state index contributed by atoms with van der Waals surface area (Å²) in [4.78, 5) is 34.5. The molecule has 0 fully saturated rings. The number of esters is 1. The lowest BCUT2D eigenvalue weighted by Gasteiger charge is -2.29. The fraction of sp³-hybridized carbons (Fsp3) is 0.250. The molecule has 1 aromatic rings. The Morgan fingerprint density at radius 3 is 2.42 bits per heavy atom. The number of benzene rings is 1. The number of hydrogen-bond donors (Lipinski definition) is 1. The molecule has 8 heteroatoms. The minimum absolute atomic E-state index is 0.0569. The van der Waals surface area contributed by atoms with Crippen LogP contribution >= 0.6 is 0 Å². The SMILES string of the molecule is COC(=O)C1=C(C)NC(C)=C(C([NH])=O)C1c1cccc([N+](=O)[O-])c1. The number of nitro benzene ring substituents is 1. The van der Waals surface area contributed by atoms with Gasteiger partial charge in [0.1, 0.15) is 0 Å². The Kier molecular flexibility index (Phi) is 4.68. The smallest absolute Gasteiger partial charge is 0.336 e. The third kappa shape index (κ3) is 2.98. The first-order valence-electron chi connectivity index (χ1n) is 7.05. The van der Waals surface area contributed by atoms with Crippen molar-refractivity contribution in [1.82, 2.24) is 11.1 Å². The number of nitrogens with one attached hydrogen (secondary N) is 2. The summed E-state index contributed by atoms with van der Waals surface area (Å²) in [5.74, 6) is -2.53. The Morgan fingerprint density at radius 1 is 1.25 bits per heavy atom. The molecule has 1 unspecified atom stereocenters. The standard InChI is InChI=1S/C16H16N3O5/c1-8-12(15(17)20)14(13(9(2)18-8)16(21)24-3)10-5-4-6-11(7-10)19(22)23/h4-7,14,17-18H,1-3H3. The van der Waals surface area contributed by atoms with Crippen molar-refractivity contribution in [2.75, 3.05) is 7.11 Å². The molecule has 125 valence electrons. The van der Waals surface area contributed by atoms with Crippen LogP contribution in [0.5, 0.6) is 0 Å². The largest absolute Gasteiger partial charge is 0.466 e. The maximum absolute atomic E-state index is 12.2. The van der Waals surface area contributed by atoms with Crippen LogP contribution in [-0.4, -0.2) is 23.9 Å². The summed E-state index contributed by atoms with van der Waals surface area (Å²) < 4.78 is 4.79. The van der Waals surface area contributed by atoms with Crippen molar-refractivity contribution in [3.63, 3.8) is 0 Å². The Balaban J connectivity index is 2.72. The number of hydrogen-bond acceptors (Lipinski definition) is 6. The lowest BCUT2D eigenvalue weighted by atomic mass is 9.80. The number of non-ortho nitro benzene ring substituents is 1. The summed E-state index contributed by atoms with van der Waals surface area (Å²) in [6.45, 7) is 3.26. The van der Waals surface area contributed by atoms with Crippen molar-refractivity contribution in [2.45, 2.75) is 19.8 Å². The highest BCUT2D eigenvalue weighted by Crippen LogP contribution is 2.39. The first-order valence-corrected chi connectivity index (χ1v) is 7.05. The van der Waals surface area contributed by atoms with Crippen LogP contribution in [0.3, 0.4) is 0 Å². The molecule has 0 aromatic heterocycles. The number of amides is 1. The lowest BCUT2D eigenvalue weighted by Crippen LogP contribution is -2.31. The van der Waals surface area contributed by atoms with Gasteiger partial charge in [-0.3, -0.25) is 20.6 Å². The number of allylic oxidation sites excluding steroid dienone is 2. The first kappa shape index (κ1) is 17.2. The van der Waals surface area contributed by atoms with Crippen LogP contribution in [0.25, 0.3) is 0 Å².